The minimum atomic E-state index is -1.32. The summed E-state index contributed by atoms with van der Waals surface area (Å²) in [4.78, 5) is 13.1. The largest absolute Gasteiger partial charge is 0.463 e. The molecule has 0 saturated carbocycles. The molecule has 1 amide bonds. The highest BCUT2D eigenvalue weighted by Crippen LogP contribution is 2.11. The summed E-state index contributed by atoms with van der Waals surface area (Å²) < 4.78 is 5.27. The molecule has 7 heteroatoms. The fraction of sp³-hybridized carbons (Fsp3) is 0.500. The monoisotopic (exact) mass is 316 g/mol. The molecular weight excluding hydrogens is 296 g/mol. The topological polar surface area (TPSA) is 73.2 Å². The molecule has 1 unspecified atom stereocenters. The Hall–Kier alpha value is -1.34. The molecule has 1 atom stereocenters. The van der Waals surface area contributed by atoms with Gasteiger partial charge in [-0.05, 0) is 12.0 Å². The average molecular weight is 317 g/mol. The van der Waals surface area contributed by atoms with Gasteiger partial charge in [0.05, 0.1) is 19.3 Å². The van der Waals surface area contributed by atoms with Gasteiger partial charge in [0.2, 0.25) is 0 Å². The van der Waals surface area contributed by atoms with Crippen molar-refractivity contribution in [1.29, 1.82) is 0 Å². The summed E-state index contributed by atoms with van der Waals surface area (Å²) in [5, 5.41) is 19.2. The summed E-state index contributed by atoms with van der Waals surface area (Å²) in [7, 11) is 0. The average Bonchev–Trinajstić information content (AvgIpc) is 2.48. The quantitative estimate of drug-likeness (QED) is 0.639. The minimum absolute atomic E-state index is 0. The van der Waals surface area contributed by atoms with Crippen molar-refractivity contribution in [3.8, 4) is 0 Å². The first-order valence-electron chi connectivity index (χ1n) is 6.72. The number of nitrogens with zero attached hydrogens (tertiary/aromatic N) is 2. The lowest BCUT2D eigenvalue weighted by Gasteiger charge is -2.32. The first kappa shape index (κ1) is 17.7. The number of hydrogen-bond donors (Lipinski definition) is 2. The van der Waals surface area contributed by atoms with Crippen molar-refractivity contribution in [2.75, 3.05) is 32.8 Å². The van der Waals surface area contributed by atoms with E-state index < -0.39 is 12.1 Å². The van der Waals surface area contributed by atoms with E-state index in [1.807, 2.05) is 30.3 Å². The van der Waals surface area contributed by atoms with Crippen LogP contribution in [-0.2, 0) is 11.2 Å². The molecule has 2 N–H and O–H groups in total. The van der Waals surface area contributed by atoms with Crippen LogP contribution in [0.5, 0.6) is 0 Å². The van der Waals surface area contributed by atoms with Gasteiger partial charge in [0.15, 0.2) is 0 Å². The highest BCUT2D eigenvalue weighted by Gasteiger charge is 2.25. The number of ether oxygens (including phenoxy) is 1. The van der Waals surface area contributed by atoms with Gasteiger partial charge in [0.1, 0.15) is 0 Å². The zero-order chi connectivity index (χ0) is 14.4. The maximum absolute atomic E-state index is 11.0. The highest BCUT2D eigenvalue weighted by molar-refractivity contribution is 5.85. The number of hydrogen-bond acceptors (Lipinski definition) is 4. The van der Waals surface area contributed by atoms with Crippen LogP contribution < -0.4 is 0 Å². The van der Waals surface area contributed by atoms with Gasteiger partial charge >= 0.3 is 6.09 Å². The highest BCUT2D eigenvalue weighted by atomic mass is 35.5. The van der Waals surface area contributed by atoms with E-state index in [1.54, 1.807) is 0 Å². The van der Waals surface area contributed by atoms with Crippen LogP contribution >= 0.6 is 12.4 Å². The van der Waals surface area contributed by atoms with E-state index in [4.69, 9.17) is 9.84 Å². The number of hydroxylamine groups is 2. The second-order valence-corrected chi connectivity index (χ2v) is 4.88. The third-order valence-electron chi connectivity index (χ3n) is 3.43. The van der Waals surface area contributed by atoms with Crippen LogP contribution in [0.2, 0.25) is 0 Å². The second-order valence-electron chi connectivity index (χ2n) is 4.88. The summed E-state index contributed by atoms with van der Waals surface area (Å²) in [6.45, 7) is 3.33. The van der Waals surface area contributed by atoms with Gasteiger partial charge in [-0.2, -0.15) is 5.06 Å². The number of carbonyl (C=O) groups is 1. The number of morpholine rings is 1. The first-order valence-corrected chi connectivity index (χ1v) is 6.72. The molecule has 6 nitrogen and oxygen atoms in total. The van der Waals surface area contributed by atoms with E-state index in [0.717, 1.165) is 18.7 Å². The van der Waals surface area contributed by atoms with Crippen LogP contribution in [0.1, 0.15) is 5.56 Å². The third kappa shape index (κ3) is 5.51. The Morgan fingerprint density at radius 2 is 1.90 bits per heavy atom. The van der Waals surface area contributed by atoms with E-state index in [-0.39, 0.29) is 12.4 Å². The van der Waals surface area contributed by atoms with Crippen molar-refractivity contribution in [3.05, 3.63) is 35.9 Å². The van der Waals surface area contributed by atoms with Crippen molar-refractivity contribution < 1.29 is 19.8 Å². The molecule has 1 heterocycles. The van der Waals surface area contributed by atoms with Gasteiger partial charge in [-0.25, -0.2) is 4.79 Å². The zero-order valence-corrected chi connectivity index (χ0v) is 12.5. The SMILES string of the molecule is Cl.O=C(O)N(O)C(Cc1ccccc1)CN1CCOCC1. The number of carboxylic acid groups (broad SMARTS) is 1. The predicted molar refractivity (Wildman–Crippen MR) is 80.1 cm³/mol. The van der Waals surface area contributed by atoms with E-state index in [0.29, 0.717) is 31.2 Å². The third-order valence-corrected chi connectivity index (χ3v) is 3.43. The molecule has 0 aliphatic carbocycles. The second kappa shape index (κ2) is 8.84. The zero-order valence-electron chi connectivity index (χ0n) is 11.7. The molecule has 0 spiro atoms. The Morgan fingerprint density at radius 1 is 1.29 bits per heavy atom. The number of amides is 1. The number of benzene rings is 1. The van der Waals surface area contributed by atoms with Crippen LogP contribution in [0.4, 0.5) is 4.79 Å². The van der Waals surface area contributed by atoms with Crippen molar-refractivity contribution in [3.63, 3.8) is 0 Å². The fourth-order valence-corrected chi connectivity index (χ4v) is 2.35. The molecule has 118 valence electrons. The van der Waals surface area contributed by atoms with Crippen LogP contribution in [-0.4, -0.2) is 65.3 Å². The molecule has 1 fully saturated rings. The smallest absolute Gasteiger partial charge is 0.431 e. The first-order chi connectivity index (χ1) is 9.66. The maximum atomic E-state index is 11.0. The van der Waals surface area contributed by atoms with Crippen LogP contribution in [0.25, 0.3) is 0 Å². The van der Waals surface area contributed by atoms with Crippen LogP contribution in [0.3, 0.4) is 0 Å². The molecule has 0 aromatic heterocycles. The molecule has 1 aliphatic heterocycles. The Labute approximate surface area is 130 Å². The van der Waals surface area contributed by atoms with Gasteiger partial charge in [-0.1, -0.05) is 30.3 Å². The molecular formula is C14H21ClN2O4. The van der Waals surface area contributed by atoms with Gasteiger partial charge in [-0.3, -0.25) is 10.1 Å². The maximum Gasteiger partial charge on any atom is 0.431 e. The number of halogens is 1. The van der Waals surface area contributed by atoms with E-state index in [1.165, 1.54) is 0 Å². The van der Waals surface area contributed by atoms with Crippen molar-refractivity contribution in [2.45, 2.75) is 12.5 Å². The molecule has 0 bridgehead atoms. The molecule has 21 heavy (non-hydrogen) atoms. The summed E-state index contributed by atoms with van der Waals surface area (Å²) in [5.41, 5.74) is 1.01. The van der Waals surface area contributed by atoms with Gasteiger partial charge in [0, 0.05) is 19.6 Å². The Kier molecular flexibility index (Phi) is 7.45. The summed E-state index contributed by atoms with van der Waals surface area (Å²) in [6, 6.07) is 9.11. The standard InChI is InChI=1S/C14H20N2O4.ClH/c17-14(18)16(19)13(10-12-4-2-1-3-5-12)11-15-6-8-20-9-7-15;/h1-5,13,19H,6-11H2,(H,17,18);1H. The van der Waals surface area contributed by atoms with Crippen LogP contribution in [0, 0.1) is 0 Å². The molecule has 2 rings (SSSR count). The van der Waals surface area contributed by atoms with Gasteiger partial charge < -0.3 is 9.84 Å². The Bertz CT molecular complexity index is 426. The normalized spacial score (nSPS) is 16.8. The Morgan fingerprint density at radius 3 is 2.48 bits per heavy atom. The molecule has 0 radical (unpaired) electrons. The van der Waals surface area contributed by atoms with Gasteiger partial charge in [-0.15, -0.1) is 12.4 Å². The summed E-state index contributed by atoms with van der Waals surface area (Å²) in [6.07, 6.45) is -0.833. The lowest BCUT2D eigenvalue weighted by atomic mass is 10.1. The van der Waals surface area contributed by atoms with E-state index in [9.17, 15) is 10.0 Å². The van der Waals surface area contributed by atoms with Crippen molar-refractivity contribution in [1.82, 2.24) is 9.96 Å². The van der Waals surface area contributed by atoms with E-state index in [2.05, 4.69) is 4.90 Å². The minimum Gasteiger partial charge on any atom is -0.463 e. The van der Waals surface area contributed by atoms with Gasteiger partial charge in [0.25, 0.3) is 0 Å². The van der Waals surface area contributed by atoms with E-state index >= 15 is 0 Å². The molecule has 1 aromatic rings. The predicted octanol–water partition coefficient (Wildman–Crippen LogP) is 1.72. The lowest BCUT2D eigenvalue weighted by molar-refractivity contribution is -0.106. The molecule has 1 saturated heterocycles. The van der Waals surface area contributed by atoms with Crippen LogP contribution in [0.15, 0.2) is 30.3 Å². The summed E-state index contributed by atoms with van der Waals surface area (Å²) in [5.74, 6) is 0. The molecule has 1 aliphatic rings. The fourth-order valence-electron chi connectivity index (χ4n) is 2.35. The van der Waals surface area contributed by atoms with Crippen molar-refractivity contribution in [2.24, 2.45) is 0 Å². The Balaban J connectivity index is 0.00000220. The molecule has 1 aromatic carbocycles. The van der Waals surface area contributed by atoms with Crippen molar-refractivity contribution >= 4 is 18.5 Å². The summed E-state index contributed by atoms with van der Waals surface area (Å²) >= 11 is 0. The lowest BCUT2D eigenvalue weighted by Crippen LogP contribution is -2.48. The number of rotatable bonds is 5.